The third kappa shape index (κ3) is 2.05. The van der Waals surface area contributed by atoms with Crippen LogP contribution in [0.3, 0.4) is 0 Å². The maximum atomic E-state index is 5.62. The maximum absolute atomic E-state index is 5.62. The Balaban J connectivity index is 2.74. The van der Waals surface area contributed by atoms with Crippen molar-refractivity contribution >= 4 is 0 Å². The molecular weight excluding hydrogens is 136 g/mol. The first-order valence-electron chi connectivity index (χ1n) is 4.13. The zero-order valence-corrected chi connectivity index (χ0v) is 6.96. The van der Waals surface area contributed by atoms with Gasteiger partial charge in [0.05, 0.1) is 0 Å². The fourth-order valence-electron chi connectivity index (χ4n) is 1.26. The summed E-state index contributed by atoms with van der Waals surface area (Å²) in [5, 5.41) is 0. The smallest absolute Gasteiger partial charge is 0.000834 e. The van der Waals surface area contributed by atoms with Crippen LogP contribution >= 0.6 is 0 Å². The summed E-state index contributed by atoms with van der Waals surface area (Å²) in [6, 6.07) is 10.4. The highest BCUT2D eigenvalue weighted by molar-refractivity contribution is 5.19. The van der Waals surface area contributed by atoms with Crippen molar-refractivity contribution in [1.82, 2.24) is 0 Å². The van der Waals surface area contributed by atoms with Gasteiger partial charge in [0.1, 0.15) is 0 Å². The topological polar surface area (TPSA) is 26.0 Å². The van der Waals surface area contributed by atoms with Crippen LogP contribution in [0.25, 0.3) is 0 Å². The highest BCUT2D eigenvalue weighted by Gasteiger charge is 2.04. The van der Waals surface area contributed by atoms with Crippen molar-refractivity contribution in [3.8, 4) is 0 Å². The molecule has 0 aromatic heterocycles. The van der Waals surface area contributed by atoms with Crippen LogP contribution in [0.5, 0.6) is 0 Å². The minimum absolute atomic E-state index is 0.538. The molecule has 0 fully saturated rings. The summed E-state index contributed by atoms with van der Waals surface area (Å²) < 4.78 is 0. The predicted octanol–water partition coefficient (Wildman–Crippen LogP) is 2.14. The SMILES string of the molecule is C[14CH2]C(CN)c1ccccc1. The Hall–Kier alpha value is -0.820. The first-order valence-corrected chi connectivity index (χ1v) is 4.13. The van der Waals surface area contributed by atoms with Gasteiger partial charge in [-0.1, -0.05) is 37.3 Å². The molecule has 0 aliphatic rings. The molecule has 0 radical (unpaired) electrons. The van der Waals surface area contributed by atoms with Crippen molar-refractivity contribution < 1.29 is 0 Å². The molecule has 0 spiro atoms. The number of hydrogen-bond donors (Lipinski definition) is 1. The first kappa shape index (κ1) is 8.28. The summed E-state index contributed by atoms with van der Waals surface area (Å²) in [6.07, 6.45) is 1.13. The fraction of sp³-hybridized carbons (Fsp3) is 0.400. The molecule has 60 valence electrons. The summed E-state index contributed by atoms with van der Waals surface area (Å²) in [6.45, 7) is 2.92. The van der Waals surface area contributed by atoms with E-state index >= 15 is 0 Å². The van der Waals surface area contributed by atoms with E-state index in [0.717, 1.165) is 13.0 Å². The lowest BCUT2D eigenvalue weighted by atomic mass is 10.1. The molecule has 0 aliphatic carbocycles. The Bertz CT molecular complexity index is 189. The van der Waals surface area contributed by atoms with Gasteiger partial charge in [-0.2, -0.15) is 0 Å². The average molecular weight is 151 g/mol. The zero-order valence-electron chi connectivity index (χ0n) is 6.96. The van der Waals surface area contributed by atoms with E-state index in [2.05, 4.69) is 31.2 Å². The van der Waals surface area contributed by atoms with Crippen LogP contribution in [-0.4, -0.2) is 6.54 Å². The molecule has 1 heteroatoms. The summed E-state index contributed by atoms with van der Waals surface area (Å²) in [7, 11) is 0. The molecular formula is C10H15N. The van der Waals surface area contributed by atoms with E-state index in [1.54, 1.807) is 0 Å². The van der Waals surface area contributed by atoms with Crippen molar-refractivity contribution in [2.75, 3.05) is 6.54 Å². The lowest BCUT2D eigenvalue weighted by molar-refractivity contribution is 0.674. The summed E-state index contributed by atoms with van der Waals surface area (Å²) in [4.78, 5) is 0. The van der Waals surface area contributed by atoms with Gasteiger partial charge in [-0.25, -0.2) is 0 Å². The van der Waals surface area contributed by atoms with Gasteiger partial charge in [-0.3, -0.25) is 0 Å². The average Bonchev–Trinajstić information content (AvgIpc) is 2.09. The quantitative estimate of drug-likeness (QED) is 0.703. The van der Waals surface area contributed by atoms with Gasteiger partial charge in [-0.15, -0.1) is 0 Å². The van der Waals surface area contributed by atoms with Crippen molar-refractivity contribution in [2.45, 2.75) is 19.3 Å². The molecule has 0 saturated heterocycles. The second-order valence-electron chi connectivity index (χ2n) is 2.75. The van der Waals surface area contributed by atoms with E-state index in [1.165, 1.54) is 5.56 Å². The standard InChI is InChI=1S/C10H15N/c1-2-9(8-11)10-6-4-3-5-7-10/h3-7,9H,2,8,11H2,1H3/i2+2. The number of rotatable bonds is 3. The van der Waals surface area contributed by atoms with Crippen LogP contribution in [0, 0.1) is 0 Å². The molecule has 1 atom stereocenters. The Kier molecular flexibility index (Phi) is 3.12. The molecule has 0 amide bonds. The molecule has 1 unspecified atom stereocenters. The van der Waals surface area contributed by atoms with Crippen LogP contribution < -0.4 is 5.73 Å². The highest BCUT2D eigenvalue weighted by Crippen LogP contribution is 2.16. The van der Waals surface area contributed by atoms with Gasteiger partial charge < -0.3 is 5.73 Å². The molecule has 11 heavy (non-hydrogen) atoms. The number of hydrogen-bond acceptors (Lipinski definition) is 1. The fourth-order valence-corrected chi connectivity index (χ4v) is 1.26. The van der Waals surface area contributed by atoms with Gasteiger partial charge in [0.15, 0.2) is 0 Å². The van der Waals surface area contributed by atoms with Crippen molar-refractivity contribution in [3.05, 3.63) is 35.9 Å². The van der Waals surface area contributed by atoms with Gasteiger partial charge in [-0.05, 0) is 24.4 Å². The van der Waals surface area contributed by atoms with Crippen LogP contribution in [0.2, 0.25) is 0 Å². The minimum Gasteiger partial charge on any atom is -0.330 e. The molecule has 1 rings (SSSR count). The van der Waals surface area contributed by atoms with E-state index < -0.39 is 0 Å². The van der Waals surface area contributed by atoms with Crippen LogP contribution in [0.1, 0.15) is 24.8 Å². The molecule has 0 aliphatic heterocycles. The van der Waals surface area contributed by atoms with Gasteiger partial charge in [0.25, 0.3) is 0 Å². The monoisotopic (exact) mass is 151 g/mol. The summed E-state index contributed by atoms with van der Waals surface area (Å²) in [5.41, 5.74) is 6.97. The normalized spacial score (nSPS) is 12.9. The Morgan fingerprint density at radius 2 is 2.00 bits per heavy atom. The summed E-state index contributed by atoms with van der Waals surface area (Å²) >= 11 is 0. The van der Waals surface area contributed by atoms with Crippen molar-refractivity contribution in [3.63, 3.8) is 0 Å². The molecule has 0 heterocycles. The van der Waals surface area contributed by atoms with Crippen molar-refractivity contribution in [2.24, 2.45) is 5.73 Å². The third-order valence-corrected chi connectivity index (χ3v) is 2.05. The molecule has 1 aromatic carbocycles. The van der Waals surface area contributed by atoms with Crippen LogP contribution in [0.15, 0.2) is 30.3 Å². The van der Waals surface area contributed by atoms with E-state index in [9.17, 15) is 0 Å². The third-order valence-electron chi connectivity index (χ3n) is 2.05. The number of nitrogens with two attached hydrogens (primary N) is 1. The maximum Gasteiger partial charge on any atom is -0.000834 e. The Morgan fingerprint density at radius 3 is 2.45 bits per heavy atom. The van der Waals surface area contributed by atoms with Crippen LogP contribution in [-0.2, 0) is 0 Å². The highest BCUT2D eigenvalue weighted by atomic mass is 14.9. The Morgan fingerprint density at radius 1 is 1.36 bits per heavy atom. The second kappa shape index (κ2) is 4.14. The lowest BCUT2D eigenvalue weighted by Crippen LogP contribution is -2.11. The molecule has 0 bridgehead atoms. The lowest BCUT2D eigenvalue weighted by Gasteiger charge is -2.11. The van der Waals surface area contributed by atoms with Crippen molar-refractivity contribution in [1.29, 1.82) is 0 Å². The second-order valence-corrected chi connectivity index (χ2v) is 2.75. The molecule has 2 N–H and O–H groups in total. The van der Waals surface area contributed by atoms with Gasteiger partial charge in [0.2, 0.25) is 0 Å². The largest absolute Gasteiger partial charge is 0.330 e. The molecule has 1 aromatic rings. The van der Waals surface area contributed by atoms with E-state index in [-0.39, 0.29) is 0 Å². The predicted molar refractivity (Wildman–Crippen MR) is 48.5 cm³/mol. The van der Waals surface area contributed by atoms with E-state index in [4.69, 9.17) is 5.73 Å². The number of benzene rings is 1. The minimum atomic E-state index is 0.538. The van der Waals surface area contributed by atoms with E-state index in [0.29, 0.717) is 5.92 Å². The summed E-state index contributed by atoms with van der Waals surface area (Å²) in [5.74, 6) is 0.538. The first-order chi connectivity index (χ1) is 5.38. The Labute approximate surface area is 68.2 Å². The van der Waals surface area contributed by atoms with Gasteiger partial charge >= 0.3 is 0 Å². The molecule has 0 saturated carbocycles. The molecule has 1 nitrogen and oxygen atoms in total. The zero-order chi connectivity index (χ0) is 8.10. The van der Waals surface area contributed by atoms with Crippen LogP contribution in [0.4, 0.5) is 0 Å². The van der Waals surface area contributed by atoms with Gasteiger partial charge in [0, 0.05) is 0 Å². The van der Waals surface area contributed by atoms with E-state index in [1.807, 2.05) is 6.07 Å².